The monoisotopic (exact) mass is 465 g/mol. The molecule has 0 spiro atoms. The summed E-state index contributed by atoms with van der Waals surface area (Å²) in [6.07, 6.45) is -0.998. The highest BCUT2D eigenvalue weighted by molar-refractivity contribution is 5.93. The van der Waals surface area contributed by atoms with Gasteiger partial charge >= 0.3 is 5.97 Å². The quantitative estimate of drug-likeness (QED) is 0.442. The van der Waals surface area contributed by atoms with Crippen molar-refractivity contribution >= 4 is 11.9 Å². The first-order chi connectivity index (χ1) is 16.1. The Kier molecular flexibility index (Phi) is 7.73. The SMILES string of the molecule is Cc1ccccc1[C@H](CC(=O)O)NC(=O)c1cc(OC[C@H](O)C(C)(C)C)n(-c2ccccc2)n1. The molecule has 2 atom stereocenters. The molecular formula is C26H31N3O5. The van der Waals surface area contributed by atoms with Crippen LogP contribution in [0.15, 0.2) is 60.7 Å². The van der Waals surface area contributed by atoms with E-state index < -0.39 is 24.0 Å². The zero-order valence-corrected chi connectivity index (χ0v) is 19.9. The molecule has 0 bridgehead atoms. The van der Waals surface area contributed by atoms with Crippen LogP contribution < -0.4 is 10.1 Å². The number of aliphatic carboxylic acids is 1. The lowest BCUT2D eigenvalue weighted by atomic mass is 9.90. The number of aryl methyl sites for hydroxylation is 1. The molecular weight excluding hydrogens is 434 g/mol. The van der Waals surface area contributed by atoms with Gasteiger partial charge in [-0.3, -0.25) is 9.59 Å². The van der Waals surface area contributed by atoms with Crippen molar-refractivity contribution in [1.82, 2.24) is 15.1 Å². The Hall–Kier alpha value is -3.65. The number of para-hydroxylation sites is 1. The normalized spacial score (nSPS) is 13.2. The molecule has 3 rings (SSSR count). The average Bonchev–Trinajstić information content (AvgIpc) is 3.21. The Morgan fingerprint density at radius 3 is 2.35 bits per heavy atom. The number of hydrogen-bond acceptors (Lipinski definition) is 5. The summed E-state index contributed by atoms with van der Waals surface area (Å²) < 4.78 is 7.35. The Bertz CT molecular complexity index is 1130. The van der Waals surface area contributed by atoms with E-state index in [4.69, 9.17) is 4.74 Å². The summed E-state index contributed by atoms with van der Waals surface area (Å²) in [6.45, 7) is 7.61. The van der Waals surface area contributed by atoms with Crippen LogP contribution in [-0.2, 0) is 4.79 Å². The molecule has 1 amide bonds. The third-order valence-corrected chi connectivity index (χ3v) is 5.55. The number of nitrogens with one attached hydrogen (secondary N) is 1. The Morgan fingerprint density at radius 2 is 1.74 bits per heavy atom. The van der Waals surface area contributed by atoms with Crippen molar-refractivity contribution in [2.75, 3.05) is 6.61 Å². The van der Waals surface area contributed by atoms with E-state index in [0.717, 1.165) is 11.1 Å². The van der Waals surface area contributed by atoms with Crippen molar-refractivity contribution in [1.29, 1.82) is 0 Å². The molecule has 180 valence electrons. The summed E-state index contributed by atoms with van der Waals surface area (Å²) in [4.78, 5) is 24.6. The van der Waals surface area contributed by atoms with E-state index in [-0.39, 0.29) is 24.1 Å². The van der Waals surface area contributed by atoms with E-state index in [0.29, 0.717) is 11.6 Å². The van der Waals surface area contributed by atoms with Crippen molar-refractivity contribution in [3.05, 3.63) is 77.5 Å². The molecule has 1 aromatic heterocycles. The van der Waals surface area contributed by atoms with E-state index >= 15 is 0 Å². The fourth-order valence-corrected chi connectivity index (χ4v) is 3.37. The van der Waals surface area contributed by atoms with Gasteiger partial charge in [0.15, 0.2) is 5.69 Å². The second-order valence-corrected chi connectivity index (χ2v) is 9.29. The second-order valence-electron chi connectivity index (χ2n) is 9.29. The lowest BCUT2D eigenvalue weighted by Crippen LogP contribution is -2.32. The first-order valence-electron chi connectivity index (χ1n) is 11.1. The largest absolute Gasteiger partial charge is 0.481 e. The lowest BCUT2D eigenvalue weighted by molar-refractivity contribution is -0.137. The van der Waals surface area contributed by atoms with Crippen LogP contribution in [0.25, 0.3) is 5.69 Å². The molecule has 8 heteroatoms. The first kappa shape index (κ1) is 25.0. The van der Waals surface area contributed by atoms with Crippen LogP contribution in [0.2, 0.25) is 0 Å². The van der Waals surface area contributed by atoms with Gasteiger partial charge in [0.05, 0.1) is 24.3 Å². The molecule has 0 aliphatic heterocycles. The summed E-state index contributed by atoms with van der Waals surface area (Å²) in [5, 5.41) is 27.0. The minimum atomic E-state index is -1.02. The first-order valence-corrected chi connectivity index (χ1v) is 11.1. The number of carboxylic acid groups (broad SMARTS) is 1. The predicted molar refractivity (Wildman–Crippen MR) is 128 cm³/mol. The van der Waals surface area contributed by atoms with Crippen LogP contribution in [0, 0.1) is 12.3 Å². The summed E-state index contributed by atoms with van der Waals surface area (Å²) in [6, 6.07) is 17.3. The van der Waals surface area contributed by atoms with E-state index in [1.807, 2.05) is 70.2 Å². The molecule has 0 aliphatic carbocycles. The van der Waals surface area contributed by atoms with Crippen LogP contribution in [0.5, 0.6) is 5.88 Å². The number of aliphatic hydroxyl groups is 1. The Morgan fingerprint density at radius 1 is 1.09 bits per heavy atom. The van der Waals surface area contributed by atoms with E-state index in [1.165, 1.54) is 10.7 Å². The number of rotatable bonds is 9. The van der Waals surface area contributed by atoms with Crippen LogP contribution in [0.4, 0.5) is 0 Å². The summed E-state index contributed by atoms with van der Waals surface area (Å²) in [5.41, 5.74) is 1.99. The van der Waals surface area contributed by atoms with Gasteiger partial charge in [0.2, 0.25) is 5.88 Å². The van der Waals surface area contributed by atoms with Crippen molar-refractivity contribution in [2.45, 2.75) is 46.3 Å². The molecule has 2 aromatic carbocycles. The topological polar surface area (TPSA) is 114 Å². The Labute approximate surface area is 199 Å². The van der Waals surface area contributed by atoms with Crippen LogP contribution in [0.3, 0.4) is 0 Å². The minimum absolute atomic E-state index is 0.0218. The van der Waals surface area contributed by atoms with Crippen molar-refractivity contribution in [3.63, 3.8) is 0 Å². The number of nitrogens with zero attached hydrogens (tertiary/aromatic N) is 2. The van der Waals surface area contributed by atoms with Crippen LogP contribution in [-0.4, -0.2) is 44.6 Å². The number of aromatic nitrogens is 2. The van der Waals surface area contributed by atoms with Gasteiger partial charge in [-0.1, -0.05) is 63.2 Å². The number of amides is 1. The fraction of sp³-hybridized carbons (Fsp3) is 0.346. The number of aliphatic hydroxyl groups excluding tert-OH is 1. The zero-order chi connectivity index (χ0) is 24.9. The molecule has 0 saturated heterocycles. The Balaban J connectivity index is 1.90. The van der Waals surface area contributed by atoms with Crippen molar-refractivity contribution < 1.29 is 24.5 Å². The molecule has 8 nitrogen and oxygen atoms in total. The van der Waals surface area contributed by atoms with Gasteiger partial charge in [-0.2, -0.15) is 5.10 Å². The van der Waals surface area contributed by atoms with Gasteiger partial charge < -0.3 is 20.3 Å². The number of carbonyl (C=O) groups excluding carboxylic acids is 1. The highest BCUT2D eigenvalue weighted by Gasteiger charge is 2.26. The third-order valence-electron chi connectivity index (χ3n) is 5.55. The lowest BCUT2D eigenvalue weighted by Gasteiger charge is -2.25. The number of carboxylic acids is 1. The van der Waals surface area contributed by atoms with Crippen LogP contribution >= 0.6 is 0 Å². The standard InChI is InChI=1S/C26H31N3O5/c1-17-10-8-9-13-19(17)20(15-24(31)32)27-25(33)21-14-23(34-16-22(30)26(2,3)4)29(28-21)18-11-6-5-7-12-18/h5-14,20,22,30H,15-16H2,1-4H3,(H,27,33)(H,31,32)/t20-,22-/m0/s1. The van der Waals surface area contributed by atoms with E-state index in [2.05, 4.69) is 10.4 Å². The number of ether oxygens (including phenoxy) is 1. The molecule has 0 saturated carbocycles. The fourth-order valence-electron chi connectivity index (χ4n) is 3.37. The molecule has 3 N–H and O–H groups in total. The number of carbonyl (C=O) groups is 2. The highest BCUT2D eigenvalue weighted by Crippen LogP contribution is 2.25. The van der Waals surface area contributed by atoms with Gasteiger partial charge in [0.25, 0.3) is 5.91 Å². The van der Waals surface area contributed by atoms with Gasteiger partial charge in [0, 0.05) is 6.07 Å². The average molecular weight is 466 g/mol. The van der Waals surface area contributed by atoms with Crippen molar-refractivity contribution in [2.24, 2.45) is 5.41 Å². The zero-order valence-electron chi connectivity index (χ0n) is 19.9. The minimum Gasteiger partial charge on any atom is -0.481 e. The molecule has 0 radical (unpaired) electrons. The maximum atomic E-state index is 13.1. The molecule has 1 heterocycles. The van der Waals surface area contributed by atoms with E-state index in [1.54, 1.807) is 12.1 Å². The maximum absolute atomic E-state index is 13.1. The predicted octanol–water partition coefficient (Wildman–Crippen LogP) is 3.91. The second kappa shape index (κ2) is 10.5. The number of benzene rings is 2. The van der Waals surface area contributed by atoms with Gasteiger partial charge in [-0.25, -0.2) is 4.68 Å². The maximum Gasteiger partial charge on any atom is 0.305 e. The van der Waals surface area contributed by atoms with Crippen LogP contribution in [0.1, 0.15) is 54.8 Å². The molecule has 0 unspecified atom stereocenters. The molecule has 34 heavy (non-hydrogen) atoms. The molecule has 0 aliphatic rings. The highest BCUT2D eigenvalue weighted by atomic mass is 16.5. The smallest absolute Gasteiger partial charge is 0.305 e. The third kappa shape index (κ3) is 6.23. The number of hydrogen-bond donors (Lipinski definition) is 3. The van der Waals surface area contributed by atoms with Gasteiger partial charge in [0.1, 0.15) is 6.61 Å². The molecule has 3 aromatic rings. The summed E-state index contributed by atoms with van der Waals surface area (Å²) in [7, 11) is 0. The summed E-state index contributed by atoms with van der Waals surface area (Å²) in [5.74, 6) is -1.25. The van der Waals surface area contributed by atoms with Crippen molar-refractivity contribution in [3.8, 4) is 11.6 Å². The van der Waals surface area contributed by atoms with E-state index in [9.17, 15) is 19.8 Å². The summed E-state index contributed by atoms with van der Waals surface area (Å²) >= 11 is 0. The van der Waals surface area contributed by atoms with Gasteiger partial charge in [-0.15, -0.1) is 0 Å². The van der Waals surface area contributed by atoms with Gasteiger partial charge in [-0.05, 0) is 35.6 Å². The molecule has 0 fully saturated rings.